The summed E-state index contributed by atoms with van der Waals surface area (Å²) >= 11 is 6.59. The first-order valence-corrected chi connectivity index (χ1v) is 16.1. The zero-order valence-electron chi connectivity index (χ0n) is 25.2. The molecule has 0 aliphatic heterocycles. The van der Waals surface area contributed by atoms with Gasteiger partial charge in [0.25, 0.3) is 16.4 Å². The Morgan fingerprint density at radius 1 is 0.898 bits per heavy atom. The van der Waals surface area contributed by atoms with Gasteiger partial charge in [-0.2, -0.15) is 10.5 Å². The molecule has 0 aliphatic rings. The van der Waals surface area contributed by atoms with Crippen LogP contribution >= 0.6 is 11.6 Å². The molecule has 0 aliphatic carbocycles. The van der Waals surface area contributed by atoms with Gasteiger partial charge >= 0.3 is 5.97 Å². The molecule has 0 radical (unpaired) electrons. The minimum Gasteiger partial charge on any atom is -0.465 e. The maximum atomic E-state index is 15.0. The molecule has 49 heavy (non-hydrogen) atoms. The second-order valence-corrected chi connectivity index (χ2v) is 12.8. The lowest BCUT2D eigenvalue weighted by molar-refractivity contribution is 0.0600. The number of ether oxygens (including phenoxy) is 1. The van der Waals surface area contributed by atoms with Gasteiger partial charge in [-0.05, 0) is 54.1 Å². The summed E-state index contributed by atoms with van der Waals surface area (Å²) in [4.78, 5) is 15.7. The van der Waals surface area contributed by atoms with Gasteiger partial charge in [-0.15, -0.1) is 0 Å². The number of nitriles is 2. The summed E-state index contributed by atoms with van der Waals surface area (Å²) in [6, 6.07) is 22.5. The monoisotopic (exact) mass is 696 g/mol. The number of halogens is 4. The van der Waals surface area contributed by atoms with Crippen LogP contribution in [-0.2, 0) is 14.8 Å². The second-order valence-electron chi connectivity index (χ2n) is 10.6. The number of esters is 1. The number of benzene rings is 4. The lowest BCUT2D eigenvalue weighted by atomic mass is 9.92. The molecule has 4 aromatic carbocycles. The molecule has 13 heteroatoms. The number of pyridine rings is 1. The molecule has 2 heterocycles. The number of hydrogen-bond donors (Lipinski definition) is 0. The third kappa shape index (κ3) is 5.78. The standard InChI is InChI=1S/C36H20ClF3N4O4S/c1-48-36(45)23-7-11-28(30(37)14-23)21-3-2-4-22(13-21)34-33(32-24(16-41)18-43-19-25(32)17-42)29-15-26(38)8-12-31(29)44(34)49(46,47)27-9-5-20(6-10-27)35(39)40/h2-15,18-19,35H,1H3. The predicted molar refractivity (Wildman–Crippen MR) is 176 cm³/mol. The number of alkyl halides is 2. The highest BCUT2D eigenvalue weighted by Crippen LogP contribution is 2.46. The molecule has 0 fully saturated rings. The van der Waals surface area contributed by atoms with Crippen molar-refractivity contribution in [2.24, 2.45) is 0 Å². The number of methoxy groups -OCH3 is 1. The Balaban J connectivity index is 1.74. The minimum atomic E-state index is -4.64. The summed E-state index contributed by atoms with van der Waals surface area (Å²) in [5.74, 6) is -1.33. The molecule has 242 valence electrons. The Labute approximate surface area is 282 Å². The van der Waals surface area contributed by atoms with E-state index in [1.54, 1.807) is 30.3 Å². The molecule has 0 unspecified atom stereocenters. The number of hydrogen-bond acceptors (Lipinski definition) is 7. The zero-order chi connectivity index (χ0) is 35.0. The van der Waals surface area contributed by atoms with Crippen LogP contribution < -0.4 is 0 Å². The van der Waals surface area contributed by atoms with Gasteiger partial charge in [0.2, 0.25) is 0 Å². The van der Waals surface area contributed by atoms with Crippen LogP contribution in [0.5, 0.6) is 0 Å². The van der Waals surface area contributed by atoms with Crippen molar-refractivity contribution in [3.63, 3.8) is 0 Å². The molecule has 0 N–H and O–H groups in total. The average molecular weight is 697 g/mol. The first kappa shape index (κ1) is 33.0. The van der Waals surface area contributed by atoms with Crippen molar-refractivity contribution in [2.45, 2.75) is 11.3 Å². The highest BCUT2D eigenvalue weighted by Gasteiger charge is 2.31. The van der Waals surface area contributed by atoms with Crippen molar-refractivity contribution < 1.29 is 31.1 Å². The quantitative estimate of drug-likeness (QED) is 0.153. The number of carbonyl (C=O) groups is 1. The van der Waals surface area contributed by atoms with Crippen LogP contribution in [0.2, 0.25) is 5.02 Å². The average Bonchev–Trinajstić information content (AvgIpc) is 3.45. The van der Waals surface area contributed by atoms with Gasteiger partial charge in [-0.25, -0.2) is 30.4 Å². The Bertz CT molecular complexity index is 2470. The fraction of sp³-hybridized carbons (Fsp3) is 0.0556. The van der Waals surface area contributed by atoms with Crippen molar-refractivity contribution >= 4 is 38.5 Å². The molecule has 2 aromatic heterocycles. The van der Waals surface area contributed by atoms with Gasteiger partial charge in [0, 0.05) is 50.6 Å². The van der Waals surface area contributed by atoms with Crippen molar-refractivity contribution in [3.8, 4) is 45.6 Å². The van der Waals surface area contributed by atoms with E-state index in [-0.39, 0.29) is 59.9 Å². The number of nitrogens with zero attached hydrogens (tertiary/aromatic N) is 4. The van der Waals surface area contributed by atoms with Crippen LogP contribution in [-0.4, -0.2) is 30.5 Å². The third-order valence-electron chi connectivity index (χ3n) is 7.83. The maximum absolute atomic E-state index is 15.0. The fourth-order valence-corrected chi connectivity index (χ4v) is 7.45. The number of fused-ring (bicyclic) bond motifs is 1. The molecular formula is C36H20ClF3N4O4S. The van der Waals surface area contributed by atoms with Gasteiger partial charge in [-0.1, -0.05) is 48.0 Å². The summed E-state index contributed by atoms with van der Waals surface area (Å²) < 4.78 is 76.6. The predicted octanol–water partition coefficient (Wildman–Crippen LogP) is 8.53. The highest BCUT2D eigenvalue weighted by molar-refractivity contribution is 7.90. The van der Waals surface area contributed by atoms with Crippen molar-refractivity contribution in [2.75, 3.05) is 7.11 Å². The Morgan fingerprint density at radius 2 is 1.57 bits per heavy atom. The van der Waals surface area contributed by atoms with Gasteiger partial charge in [-0.3, -0.25) is 4.98 Å². The Hall–Kier alpha value is -5.95. The zero-order valence-corrected chi connectivity index (χ0v) is 26.7. The largest absolute Gasteiger partial charge is 0.465 e. The van der Waals surface area contributed by atoms with Crippen molar-refractivity contribution in [1.29, 1.82) is 10.5 Å². The fourth-order valence-electron chi connectivity index (χ4n) is 5.62. The SMILES string of the molecule is COC(=O)c1ccc(-c2cccc(-c3c(-c4c(C#N)cncc4C#N)c4cc(F)ccc4n3S(=O)(=O)c3ccc(C(F)F)cc3)c2)c(Cl)c1. The van der Waals surface area contributed by atoms with Crippen molar-refractivity contribution in [3.05, 3.63) is 130 Å². The molecule has 6 rings (SSSR count). The summed E-state index contributed by atoms with van der Waals surface area (Å²) in [6.45, 7) is 0. The number of rotatable bonds is 7. The van der Waals surface area contributed by atoms with Crippen LogP contribution in [0.25, 0.3) is 44.4 Å². The topological polar surface area (TPSA) is 126 Å². The van der Waals surface area contributed by atoms with E-state index in [2.05, 4.69) is 4.98 Å². The summed E-state index contributed by atoms with van der Waals surface area (Å²) in [7, 11) is -3.41. The first-order valence-electron chi connectivity index (χ1n) is 14.2. The maximum Gasteiger partial charge on any atom is 0.337 e. The smallest absolute Gasteiger partial charge is 0.337 e. The van der Waals surface area contributed by atoms with E-state index in [1.807, 2.05) is 12.1 Å². The molecular weight excluding hydrogens is 677 g/mol. The second kappa shape index (κ2) is 12.9. The highest BCUT2D eigenvalue weighted by atomic mass is 35.5. The van der Waals surface area contributed by atoms with Crippen LogP contribution in [0.4, 0.5) is 13.2 Å². The molecule has 0 atom stereocenters. The van der Waals surface area contributed by atoms with Crippen LogP contribution in [0.1, 0.15) is 33.5 Å². The number of carbonyl (C=O) groups excluding carboxylic acids is 1. The molecule has 0 amide bonds. The minimum absolute atomic E-state index is 0.0125. The van der Waals surface area contributed by atoms with Gasteiger partial charge < -0.3 is 4.74 Å². The summed E-state index contributed by atoms with van der Waals surface area (Å²) in [5.41, 5.74) is 0.831. The van der Waals surface area contributed by atoms with Crippen molar-refractivity contribution in [1.82, 2.24) is 8.96 Å². The normalized spacial score (nSPS) is 11.3. The Kier molecular flexibility index (Phi) is 8.69. The summed E-state index contributed by atoms with van der Waals surface area (Å²) in [5, 5.41) is 20.4. The van der Waals surface area contributed by atoms with Crippen LogP contribution in [0.15, 0.2) is 102 Å². The van der Waals surface area contributed by atoms with E-state index in [0.29, 0.717) is 11.1 Å². The van der Waals surface area contributed by atoms with E-state index >= 15 is 4.39 Å². The van der Waals surface area contributed by atoms with E-state index < -0.39 is 33.8 Å². The lowest BCUT2D eigenvalue weighted by Crippen LogP contribution is -2.14. The van der Waals surface area contributed by atoms with Crippen LogP contribution in [0.3, 0.4) is 0 Å². The molecule has 8 nitrogen and oxygen atoms in total. The molecule has 0 spiro atoms. The molecule has 0 saturated carbocycles. The van der Waals surface area contributed by atoms with Gasteiger partial charge in [0.1, 0.15) is 18.0 Å². The van der Waals surface area contributed by atoms with E-state index in [1.165, 1.54) is 37.7 Å². The lowest BCUT2D eigenvalue weighted by Gasteiger charge is -2.16. The first-order chi connectivity index (χ1) is 23.5. The molecule has 0 saturated heterocycles. The number of aromatic nitrogens is 2. The van der Waals surface area contributed by atoms with Crippen LogP contribution in [0, 0.1) is 28.5 Å². The van der Waals surface area contributed by atoms with E-state index in [0.717, 1.165) is 40.4 Å². The molecule has 0 bridgehead atoms. The molecule has 6 aromatic rings. The summed E-state index contributed by atoms with van der Waals surface area (Å²) in [6.07, 6.45) is -0.427. The van der Waals surface area contributed by atoms with E-state index in [9.17, 15) is 32.5 Å². The third-order valence-corrected chi connectivity index (χ3v) is 9.87. The van der Waals surface area contributed by atoms with E-state index in [4.69, 9.17) is 16.3 Å². The van der Waals surface area contributed by atoms with Gasteiger partial charge in [0.15, 0.2) is 0 Å². The van der Waals surface area contributed by atoms with Gasteiger partial charge in [0.05, 0.1) is 39.9 Å². The Morgan fingerprint density at radius 3 is 2.18 bits per heavy atom.